The van der Waals surface area contributed by atoms with Crippen molar-refractivity contribution < 1.29 is 28.2 Å². The molecule has 0 bridgehead atoms. The van der Waals surface area contributed by atoms with Crippen molar-refractivity contribution in [1.82, 2.24) is 19.4 Å². The fourth-order valence-corrected chi connectivity index (χ4v) is 5.89. The van der Waals surface area contributed by atoms with Crippen LogP contribution in [0.5, 0.6) is 5.88 Å². The van der Waals surface area contributed by atoms with E-state index in [4.69, 9.17) is 24.2 Å². The van der Waals surface area contributed by atoms with Crippen LogP contribution in [0.25, 0.3) is 11.0 Å². The minimum absolute atomic E-state index is 0.0371. The zero-order valence-electron chi connectivity index (χ0n) is 25.1. The zero-order valence-corrected chi connectivity index (χ0v) is 25.1. The Morgan fingerprint density at radius 3 is 2.52 bits per heavy atom. The molecule has 0 radical (unpaired) electrons. The molecular formula is C34H37FN4O5. The number of likely N-dealkylation sites (tertiary alicyclic amines) is 1. The highest BCUT2D eigenvalue weighted by molar-refractivity contribution is 5.96. The Morgan fingerprint density at radius 1 is 1.02 bits per heavy atom. The number of fused-ring (bicyclic) bond motifs is 1. The number of methoxy groups -OCH3 is 1. The van der Waals surface area contributed by atoms with Gasteiger partial charge in [0.2, 0.25) is 5.88 Å². The highest BCUT2D eigenvalue weighted by atomic mass is 19.1. The smallest absolute Gasteiger partial charge is 0.337 e. The number of imidazole rings is 1. The second-order valence-electron chi connectivity index (χ2n) is 11.4. The van der Waals surface area contributed by atoms with E-state index in [9.17, 15) is 14.0 Å². The van der Waals surface area contributed by atoms with Gasteiger partial charge in [-0.3, -0.25) is 9.69 Å². The summed E-state index contributed by atoms with van der Waals surface area (Å²) in [7, 11) is 1.39. The summed E-state index contributed by atoms with van der Waals surface area (Å²) in [5.74, 6) is 0.798. The number of ether oxygens (including phenoxy) is 3. The predicted octanol–water partition coefficient (Wildman–Crippen LogP) is 5.70. The van der Waals surface area contributed by atoms with Crippen LogP contribution in [0.4, 0.5) is 4.39 Å². The van der Waals surface area contributed by atoms with Crippen LogP contribution in [0.15, 0.2) is 54.6 Å². The molecule has 2 aromatic carbocycles. The first-order valence-electron chi connectivity index (χ1n) is 15.2. The van der Waals surface area contributed by atoms with Gasteiger partial charge in [0, 0.05) is 41.8 Å². The van der Waals surface area contributed by atoms with E-state index < -0.39 is 5.82 Å². The van der Waals surface area contributed by atoms with Crippen LogP contribution < -0.4 is 4.74 Å². The van der Waals surface area contributed by atoms with Crippen molar-refractivity contribution in [3.8, 4) is 5.88 Å². The number of aromatic nitrogens is 3. The highest BCUT2D eigenvalue weighted by Crippen LogP contribution is 2.30. The Bertz CT molecular complexity index is 1660. The van der Waals surface area contributed by atoms with Gasteiger partial charge in [-0.1, -0.05) is 25.1 Å². The van der Waals surface area contributed by atoms with Gasteiger partial charge in [-0.15, -0.1) is 0 Å². The van der Waals surface area contributed by atoms with Crippen LogP contribution in [-0.2, 0) is 29.2 Å². The number of benzene rings is 2. The Morgan fingerprint density at radius 2 is 1.82 bits per heavy atom. The summed E-state index contributed by atoms with van der Waals surface area (Å²) >= 11 is 0. The second-order valence-corrected chi connectivity index (χ2v) is 11.4. The molecule has 10 heteroatoms. The van der Waals surface area contributed by atoms with Crippen LogP contribution >= 0.6 is 0 Å². The molecule has 2 fully saturated rings. The molecule has 6 rings (SSSR count). The van der Waals surface area contributed by atoms with Gasteiger partial charge in [-0.05, 0) is 62.7 Å². The number of pyridine rings is 1. The first kappa shape index (κ1) is 29.9. The molecule has 1 atom stereocenters. The lowest BCUT2D eigenvalue weighted by molar-refractivity contribution is -0.0592. The number of carbonyl (C=O) groups is 2. The third kappa shape index (κ3) is 6.51. The molecule has 0 spiro atoms. The molecule has 2 saturated heterocycles. The molecular weight excluding hydrogens is 563 g/mol. The third-order valence-corrected chi connectivity index (χ3v) is 8.62. The Kier molecular flexibility index (Phi) is 8.99. The Balaban J connectivity index is 1.09. The number of ketones is 1. The largest absolute Gasteiger partial charge is 0.473 e. The molecule has 0 saturated carbocycles. The maximum Gasteiger partial charge on any atom is 0.337 e. The summed E-state index contributed by atoms with van der Waals surface area (Å²) in [4.78, 5) is 36.1. The summed E-state index contributed by atoms with van der Waals surface area (Å²) in [6.07, 6.45) is 3.38. The number of hydrogen-bond donors (Lipinski definition) is 0. The van der Waals surface area contributed by atoms with E-state index in [1.807, 2.05) is 24.3 Å². The quantitative estimate of drug-likeness (QED) is 0.160. The van der Waals surface area contributed by atoms with Crippen LogP contribution in [0.3, 0.4) is 0 Å². The average molecular weight is 601 g/mol. The maximum atomic E-state index is 14.6. The van der Waals surface area contributed by atoms with E-state index in [0.29, 0.717) is 42.1 Å². The number of nitrogens with zero attached hydrogens (tertiary/aromatic N) is 4. The lowest BCUT2D eigenvalue weighted by Gasteiger charge is -2.32. The molecule has 0 N–H and O–H groups in total. The van der Waals surface area contributed by atoms with Crippen LogP contribution in [0.1, 0.15) is 76.3 Å². The minimum Gasteiger partial charge on any atom is -0.473 e. The summed E-state index contributed by atoms with van der Waals surface area (Å²) in [5, 5.41) is 0. The molecule has 44 heavy (non-hydrogen) atoms. The summed E-state index contributed by atoms with van der Waals surface area (Å²) in [6.45, 7) is 5.76. The van der Waals surface area contributed by atoms with Gasteiger partial charge >= 0.3 is 5.97 Å². The van der Waals surface area contributed by atoms with Crippen LogP contribution in [0.2, 0.25) is 0 Å². The fraction of sp³-hybridized carbons (Fsp3) is 0.412. The molecule has 4 aromatic rings. The second kappa shape index (κ2) is 13.2. The van der Waals surface area contributed by atoms with Gasteiger partial charge in [-0.2, -0.15) is 0 Å². The monoisotopic (exact) mass is 600 g/mol. The Hall–Kier alpha value is -4.15. The molecule has 2 aromatic heterocycles. The van der Waals surface area contributed by atoms with E-state index in [0.717, 1.165) is 61.5 Å². The van der Waals surface area contributed by atoms with Crippen molar-refractivity contribution in [3.05, 3.63) is 88.6 Å². The van der Waals surface area contributed by atoms with Crippen LogP contribution in [0, 0.1) is 5.82 Å². The zero-order chi connectivity index (χ0) is 30.6. The van der Waals surface area contributed by atoms with Gasteiger partial charge in [0.25, 0.3) is 0 Å². The molecule has 230 valence electrons. The van der Waals surface area contributed by atoms with Crippen molar-refractivity contribution in [2.75, 3.05) is 26.8 Å². The van der Waals surface area contributed by atoms with Gasteiger partial charge < -0.3 is 18.8 Å². The lowest BCUT2D eigenvalue weighted by atomic mass is 9.93. The van der Waals surface area contributed by atoms with Crippen molar-refractivity contribution in [3.63, 3.8) is 0 Å². The number of piperidine rings is 1. The Labute approximate surface area is 256 Å². The van der Waals surface area contributed by atoms with Crippen molar-refractivity contribution in [2.45, 2.75) is 64.3 Å². The molecule has 4 heterocycles. The van der Waals surface area contributed by atoms with E-state index in [-0.39, 0.29) is 30.4 Å². The standard InChI is InChI=1S/C34H37FN4O5/c1-3-31(40)23-7-8-25(27(35)17-23)21-44-33-6-4-5-28(37-33)22-11-14-38(15-12-22)20-32-36-29-10-9-24(34(41)42-2)18-30(29)39(32)19-26-13-16-43-26/h4-10,17-18,22,26H,3,11-16,19-21H2,1-2H3. The van der Waals surface area contributed by atoms with Crippen molar-refractivity contribution in [2.24, 2.45) is 0 Å². The van der Waals surface area contributed by atoms with Gasteiger partial charge in [0.15, 0.2) is 5.78 Å². The lowest BCUT2D eigenvalue weighted by Crippen LogP contribution is -2.35. The topological polar surface area (TPSA) is 95.8 Å². The summed E-state index contributed by atoms with van der Waals surface area (Å²) < 4.78 is 33.3. The number of esters is 1. The third-order valence-electron chi connectivity index (χ3n) is 8.62. The summed E-state index contributed by atoms with van der Waals surface area (Å²) in [5.41, 5.74) is 4.00. The first-order valence-corrected chi connectivity index (χ1v) is 15.2. The molecule has 0 aliphatic carbocycles. The molecule has 2 aliphatic rings. The van der Waals surface area contributed by atoms with Gasteiger partial charge in [-0.25, -0.2) is 19.2 Å². The van der Waals surface area contributed by atoms with Gasteiger partial charge in [0.1, 0.15) is 18.2 Å². The summed E-state index contributed by atoms with van der Waals surface area (Å²) in [6, 6.07) is 15.8. The van der Waals surface area contributed by atoms with Crippen LogP contribution in [-0.4, -0.2) is 64.1 Å². The van der Waals surface area contributed by atoms with E-state index in [2.05, 4.69) is 9.47 Å². The number of halogens is 1. The number of rotatable bonds is 11. The number of Topliss-reactive ketones (excluding diaryl/α,β-unsaturated/α-hetero) is 1. The van der Waals surface area contributed by atoms with Gasteiger partial charge in [0.05, 0.1) is 42.9 Å². The minimum atomic E-state index is -0.453. The van der Waals surface area contributed by atoms with E-state index in [1.165, 1.54) is 13.2 Å². The fourth-order valence-electron chi connectivity index (χ4n) is 5.89. The van der Waals surface area contributed by atoms with Crippen molar-refractivity contribution in [1.29, 1.82) is 0 Å². The normalized spacial score (nSPS) is 17.4. The molecule has 9 nitrogen and oxygen atoms in total. The maximum absolute atomic E-state index is 14.6. The number of hydrogen-bond acceptors (Lipinski definition) is 8. The van der Waals surface area contributed by atoms with E-state index >= 15 is 0 Å². The van der Waals surface area contributed by atoms with Crippen molar-refractivity contribution >= 4 is 22.8 Å². The first-order chi connectivity index (χ1) is 21.4. The SMILES string of the molecule is CCC(=O)c1ccc(COc2cccc(C3CCN(Cc4nc5ccc(C(=O)OC)cc5n4CC4CCO4)CC3)n2)c(F)c1. The average Bonchev–Trinajstić information content (AvgIpc) is 3.37. The highest BCUT2D eigenvalue weighted by Gasteiger charge is 2.26. The van der Waals surface area contributed by atoms with E-state index in [1.54, 1.807) is 31.2 Å². The molecule has 2 aliphatic heterocycles. The predicted molar refractivity (Wildman–Crippen MR) is 162 cm³/mol. The molecule has 0 amide bonds. The molecule has 1 unspecified atom stereocenters. The number of carbonyl (C=O) groups excluding carboxylic acids is 2.